The van der Waals surface area contributed by atoms with Gasteiger partial charge in [0.05, 0.1) is 12.2 Å². The first-order valence-electron chi connectivity index (χ1n) is 6.94. The maximum absolute atomic E-state index is 12.7. The van der Waals surface area contributed by atoms with E-state index in [4.69, 9.17) is 4.74 Å². The lowest BCUT2D eigenvalue weighted by molar-refractivity contribution is -0.137. The Morgan fingerprint density at radius 1 is 1.29 bits per heavy atom. The molecule has 0 fully saturated rings. The van der Waals surface area contributed by atoms with Gasteiger partial charge < -0.3 is 15.4 Å². The van der Waals surface area contributed by atoms with Crippen LogP contribution in [0.4, 0.5) is 24.8 Å². The van der Waals surface area contributed by atoms with E-state index in [-0.39, 0.29) is 17.3 Å². The number of halogens is 3. The first kappa shape index (κ1) is 17.7. The van der Waals surface area contributed by atoms with Crippen molar-refractivity contribution < 1.29 is 22.7 Å². The van der Waals surface area contributed by atoms with Crippen LogP contribution in [-0.4, -0.2) is 36.1 Å². The molecule has 24 heavy (non-hydrogen) atoms. The summed E-state index contributed by atoms with van der Waals surface area (Å²) in [6.07, 6.45) is -3.10. The third-order valence-electron chi connectivity index (χ3n) is 2.93. The van der Waals surface area contributed by atoms with Gasteiger partial charge in [0.25, 0.3) is 5.91 Å². The smallest absolute Gasteiger partial charge is 0.383 e. The average Bonchev–Trinajstić information content (AvgIpc) is 2.55. The third kappa shape index (κ3) is 4.92. The van der Waals surface area contributed by atoms with Gasteiger partial charge in [-0.1, -0.05) is 6.07 Å². The molecular formula is C15H15F3N4O2. The van der Waals surface area contributed by atoms with Crippen LogP contribution in [0.1, 0.15) is 16.1 Å². The Morgan fingerprint density at radius 2 is 2.08 bits per heavy atom. The molecular weight excluding hydrogens is 325 g/mol. The Hall–Kier alpha value is -2.68. The van der Waals surface area contributed by atoms with Gasteiger partial charge in [-0.2, -0.15) is 13.2 Å². The van der Waals surface area contributed by atoms with Gasteiger partial charge in [-0.3, -0.25) is 4.79 Å². The van der Waals surface area contributed by atoms with Crippen molar-refractivity contribution in [3.8, 4) is 0 Å². The van der Waals surface area contributed by atoms with E-state index in [0.29, 0.717) is 13.2 Å². The molecule has 0 aliphatic heterocycles. The van der Waals surface area contributed by atoms with Gasteiger partial charge in [0.15, 0.2) is 0 Å². The number of anilines is 2. The largest absolute Gasteiger partial charge is 0.416 e. The molecule has 0 radical (unpaired) electrons. The number of nitrogens with one attached hydrogen (secondary N) is 2. The Morgan fingerprint density at radius 3 is 2.79 bits per heavy atom. The van der Waals surface area contributed by atoms with E-state index in [1.165, 1.54) is 31.5 Å². The number of rotatable bonds is 6. The summed E-state index contributed by atoms with van der Waals surface area (Å²) in [5, 5.41) is 5.24. The molecule has 1 heterocycles. The van der Waals surface area contributed by atoms with E-state index in [9.17, 15) is 18.0 Å². The van der Waals surface area contributed by atoms with E-state index in [2.05, 4.69) is 20.6 Å². The highest BCUT2D eigenvalue weighted by Gasteiger charge is 2.30. The molecule has 128 valence electrons. The molecule has 0 aliphatic carbocycles. The molecule has 1 amide bonds. The lowest BCUT2D eigenvalue weighted by Crippen LogP contribution is -2.27. The van der Waals surface area contributed by atoms with Gasteiger partial charge in [-0.05, 0) is 24.3 Å². The van der Waals surface area contributed by atoms with Crippen LogP contribution in [0.3, 0.4) is 0 Å². The predicted molar refractivity (Wildman–Crippen MR) is 81.0 cm³/mol. The van der Waals surface area contributed by atoms with E-state index in [1.54, 1.807) is 0 Å². The van der Waals surface area contributed by atoms with Crippen LogP contribution in [0.25, 0.3) is 0 Å². The highest BCUT2D eigenvalue weighted by molar-refractivity contribution is 5.92. The number of methoxy groups -OCH3 is 1. The van der Waals surface area contributed by atoms with Gasteiger partial charge in [-0.15, -0.1) is 0 Å². The Bertz CT molecular complexity index is 707. The van der Waals surface area contributed by atoms with Crippen molar-refractivity contribution in [1.82, 2.24) is 15.3 Å². The number of ether oxygens (including phenoxy) is 1. The molecule has 9 heteroatoms. The maximum atomic E-state index is 12.7. The zero-order valence-corrected chi connectivity index (χ0v) is 12.7. The number of amides is 1. The quantitative estimate of drug-likeness (QED) is 0.791. The zero-order valence-electron chi connectivity index (χ0n) is 12.7. The van der Waals surface area contributed by atoms with Gasteiger partial charge in [0, 0.05) is 25.5 Å². The monoisotopic (exact) mass is 340 g/mol. The molecule has 0 unspecified atom stereocenters. The van der Waals surface area contributed by atoms with Crippen LogP contribution in [-0.2, 0) is 10.9 Å². The van der Waals surface area contributed by atoms with Crippen molar-refractivity contribution in [3.63, 3.8) is 0 Å². The van der Waals surface area contributed by atoms with Crippen LogP contribution in [0.5, 0.6) is 0 Å². The molecule has 2 aromatic rings. The Kier molecular flexibility index (Phi) is 5.69. The first-order valence-corrected chi connectivity index (χ1v) is 6.94. The average molecular weight is 340 g/mol. The van der Waals surface area contributed by atoms with Crippen LogP contribution < -0.4 is 10.6 Å². The standard InChI is InChI=1S/C15H15F3N4O2/c1-24-8-7-19-13(23)12-5-6-20-14(22-12)21-11-4-2-3-10(9-11)15(16,17)18/h2-6,9H,7-8H2,1H3,(H,19,23)(H,20,21,22). The molecule has 0 atom stereocenters. The summed E-state index contributed by atoms with van der Waals surface area (Å²) in [6, 6.07) is 6.02. The van der Waals surface area contributed by atoms with Crippen LogP contribution in [0, 0.1) is 0 Å². The SMILES string of the molecule is COCCNC(=O)c1ccnc(Nc2cccc(C(F)(F)F)c2)n1. The first-order chi connectivity index (χ1) is 11.4. The summed E-state index contributed by atoms with van der Waals surface area (Å²) in [5.41, 5.74) is -0.529. The predicted octanol–water partition coefficient (Wildman–Crippen LogP) is 2.62. The van der Waals surface area contributed by atoms with Crippen LogP contribution >= 0.6 is 0 Å². The van der Waals surface area contributed by atoms with Gasteiger partial charge >= 0.3 is 6.18 Å². The fourth-order valence-electron chi connectivity index (χ4n) is 1.80. The summed E-state index contributed by atoms with van der Waals surface area (Å²) in [5.74, 6) is -0.407. The molecule has 0 saturated heterocycles. The maximum Gasteiger partial charge on any atom is 0.416 e. The number of carbonyl (C=O) groups is 1. The Balaban J connectivity index is 2.11. The molecule has 2 rings (SSSR count). The number of nitrogens with zero attached hydrogens (tertiary/aromatic N) is 2. The fraction of sp³-hybridized carbons (Fsp3) is 0.267. The molecule has 1 aromatic heterocycles. The number of hydrogen-bond acceptors (Lipinski definition) is 5. The molecule has 1 aromatic carbocycles. The number of alkyl halides is 3. The van der Waals surface area contributed by atoms with Gasteiger partial charge in [0.1, 0.15) is 5.69 Å². The van der Waals surface area contributed by atoms with Gasteiger partial charge in [0.2, 0.25) is 5.95 Å². The summed E-state index contributed by atoms with van der Waals surface area (Å²) >= 11 is 0. The lowest BCUT2D eigenvalue weighted by Gasteiger charge is -2.10. The zero-order chi connectivity index (χ0) is 17.6. The summed E-state index contributed by atoms with van der Waals surface area (Å²) in [4.78, 5) is 19.8. The summed E-state index contributed by atoms with van der Waals surface area (Å²) in [6.45, 7) is 0.669. The van der Waals surface area contributed by atoms with E-state index >= 15 is 0 Å². The molecule has 6 nitrogen and oxygen atoms in total. The molecule has 0 saturated carbocycles. The normalized spacial score (nSPS) is 11.2. The summed E-state index contributed by atoms with van der Waals surface area (Å²) < 4.78 is 42.9. The molecule has 0 aliphatic rings. The van der Waals surface area contributed by atoms with Crippen molar-refractivity contribution >= 4 is 17.5 Å². The number of hydrogen-bond donors (Lipinski definition) is 2. The minimum Gasteiger partial charge on any atom is -0.383 e. The second-order valence-corrected chi connectivity index (χ2v) is 4.72. The number of aromatic nitrogens is 2. The van der Waals surface area contributed by atoms with E-state index < -0.39 is 17.6 Å². The lowest BCUT2D eigenvalue weighted by atomic mass is 10.2. The number of carbonyl (C=O) groups excluding carboxylic acids is 1. The van der Waals surface area contributed by atoms with Gasteiger partial charge in [-0.25, -0.2) is 9.97 Å². The molecule has 2 N–H and O–H groups in total. The second-order valence-electron chi connectivity index (χ2n) is 4.72. The van der Waals surface area contributed by atoms with Crippen molar-refractivity contribution in [2.75, 3.05) is 25.6 Å². The van der Waals surface area contributed by atoms with E-state index in [0.717, 1.165) is 12.1 Å². The minimum absolute atomic E-state index is 0.0220. The molecule has 0 bridgehead atoms. The van der Waals surface area contributed by atoms with Crippen molar-refractivity contribution in [3.05, 3.63) is 47.8 Å². The molecule has 0 spiro atoms. The van der Waals surface area contributed by atoms with E-state index in [1.807, 2.05) is 0 Å². The Labute approximate surface area is 136 Å². The van der Waals surface area contributed by atoms with Crippen molar-refractivity contribution in [2.24, 2.45) is 0 Å². The minimum atomic E-state index is -4.44. The highest BCUT2D eigenvalue weighted by atomic mass is 19.4. The van der Waals surface area contributed by atoms with Crippen LogP contribution in [0.2, 0.25) is 0 Å². The highest BCUT2D eigenvalue weighted by Crippen LogP contribution is 2.31. The van der Waals surface area contributed by atoms with Crippen LogP contribution in [0.15, 0.2) is 36.5 Å². The number of benzene rings is 1. The summed E-state index contributed by atoms with van der Waals surface area (Å²) in [7, 11) is 1.51. The van der Waals surface area contributed by atoms with Crippen molar-refractivity contribution in [2.45, 2.75) is 6.18 Å². The van der Waals surface area contributed by atoms with Crippen molar-refractivity contribution in [1.29, 1.82) is 0 Å². The fourth-order valence-corrected chi connectivity index (χ4v) is 1.80. The third-order valence-corrected chi connectivity index (χ3v) is 2.93. The topological polar surface area (TPSA) is 76.1 Å². The second kappa shape index (κ2) is 7.73.